The van der Waals surface area contributed by atoms with Crippen molar-refractivity contribution in [2.45, 2.75) is 26.3 Å². The molecular weight excluding hydrogens is 390 g/mol. The third-order valence-corrected chi connectivity index (χ3v) is 6.80. The molecule has 6 heteroatoms. The number of amides is 1. The Morgan fingerprint density at radius 2 is 1.93 bits per heavy atom. The maximum absolute atomic E-state index is 11.9. The van der Waals surface area contributed by atoms with E-state index in [0.29, 0.717) is 6.42 Å². The molecule has 1 aromatic heterocycles. The van der Waals surface area contributed by atoms with Gasteiger partial charge in [-0.25, -0.2) is 4.98 Å². The van der Waals surface area contributed by atoms with Crippen LogP contribution in [0.1, 0.15) is 25.3 Å². The molecule has 0 spiro atoms. The monoisotopic (exact) mass is 413 g/mol. The molecule has 1 aliphatic rings. The standard InChI is InChI=1S/C22H24ClN3OS/c1-2-20(27)26-12-4-11-25(13-14-26)15-16-7-9-17(10-8-16)22-24-19-6-3-5-18(23)21(19)28-22/h3,5-10H,2,4,11-15H2,1H3. The maximum atomic E-state index is 11.9. The summed E-state index contributed by atoms with van der Waals surface area (Å²) in [4.78, 5) is 21.1. The van der Waals surface area contributed by atoms with Crippen molar-refractivity contribution in [2.75, 3.05) is 26.2 Å². The summed E-state index contributed by atoms with van der Waals surface area (Å²) in [5.41, 5.74) is 3.36. The van der Waals surface area contributed by atoms with E-state index in [0.717, 1.165) is 65.0 Å². The van der Waals surface area contributed by atoms with Crippen molar-refractivity contribution in [2.24, 2.45) is 0 Å². The SMILES string of the molecule is CCC(=O)N1CCCN(Cc2ccc(-c3nc4cccc(Cl)c4s3)cc2)CC1. The van der Waals surface area contributed by atoms with Crippen molar-refractivity contribution in [3.05, 3.63) is 53.1 Å². The van der Waals surface area contributed by atoms with Gasteiger partial charge in [0, 0.05) is 44.7 Å². The molecule has 1 aliphatic heterocycles. The second kappa shape index (κ2) is 8.60. The quantitative estimate of drug-likeness (QED) is 0.599. The van der Waals surface area contributed by atoms with E-state index in [9.17, 15) is 4.79 Å². The predicted octanol–water partition coefficient (Wildman–Crippen LogP) is 5.06. The van der Waals surface area contributed by atoms with E-state index in [1.54, 1.807) is 11.3 Å². The summed E-state index contributed by atoms with van der Waals surface area (Å²) in [5, 5.41) is 1.76. The molecule has 0 radical (unpaired) electrons. The van der Waals surface area contributed by atoms with Gasteiger partial charge in [-0.15, -0.1) is 11.3 Å². The van der Waals surface area contributed by atoms with Crippen molar-refractivity contribution < 1.29 is 4.79 Å². The van der Waals surface area contributed by atoms with Crippen LogP contribution in [0, 0.1) is 0 Å². The normalized spacial score (nSPS) is 15.7. The number of fused-ring (bicyclic) bond motifs is 1. The van der Waals surface area contributed by atoms with Gasteiger partial charge in [0.1, 0.15) is 5.01 Å². The molecule has 2 heterocycles. The van der Waals surface area contributed by atoms with E-state index in [-0.39, 0.29) is 5.91 Å². The van der Waals surface area contributed by atoms with E-state index in [1.807, 2.05) is 30.0 Å². The van der Waals surface area contributed by atoms with Gasteiger partial charge < -0.3 is 4.90 Å². The molecule has 4 nitrogen and oxygen atoms in total. The van der Waals surface area contributed by atoms with Crippen LogP contribution in [0.5, 0.6) is 0 Å². The lowest BCUT2D eigenvalue weighted by molar-refractivity contribution is -0.130. The molecule has 0 saturated carbocycles. The molecule has 1 fully saturated rings. The van der Waals surface area contributed by atoms with Crippen LogP contribution in [0.3, 0.4) is 0 Å². The van der Waals surface area contributed by atoms with Crippen LogP contribution < -0.4 is 0 Å². The number of thiazole rings is 1. The summed E-state index contributed by atoms with van der Waals surface area (Å²) in [7, 11) is 0. The predicted molar refractivity (Wildman–Crippen MR) is 117 cm³/mol. The number of carbonyl (C=O) groups is 1. The van der Waals surface area contributed by atoms with Crippen molar-refractivity contribution in [1.29, 1.82) is 0 Å². The van der Waals surface area contributed by atoms with Crippen molar-refractivity contribution >= 4 is 39.1 Å². The number of hydrogen-bond donors (Lipinski definition) is 0. The third kappa shape index (κ3) is 4.22. The summed E-state index contributed by atoms with van der Waals surface area (Å²) < 4.78 is 1.04. The Balaban J connectivity index is 1.43. The zero-order valence-corrected chi connectivity index (χ0v) is 17.6. The van der Waals surface area contributed by atoms with Gasteiger partial charge in [0.25, 0.3) is 0 Å². The highest BCUT2D eigenvalue weighted by molar-refractivity contribution is 7.22. The van der Waals surface area contributed by atoms with Crippen molar-refractivity contribution in [1.82, 2.24) is 14.8 Å². The molecule has 146 valence electrons. The Kier molecular flexibility index (Phi) is 5.95. The van der Waals surface area contributed by atoms with E-state index >= 15 is 0 Å². The molecule has 4 rings (SSSR count). The van der Waals surface area contributed by atoms with Gasteiger partial charge in [-0.05, 0) is 24.1 Å². The molecule has 1 amide bonds. The summed E-state index contributed by atoms with van der Waals surface area (Å²) >= 11 is 7.92. The molecule has 2 aromatic carbocycles. The zero-order chi connectivity index (χ0) is 19.5. The molecule has 3 aromatic rings. The fourth-order valence-electron chi connectivity index (χ4n) is 3.65. The summed E-state index contributed by atoms with van der Waals surface area (Å²) in [6, 6.07) is 14.5. The Morgan fingerprint density at radius 1 is 1.11 bits per heavy atom. The van der Waals surface area contributed by atoms with Gasteiger partial charge in [-0.3, -0.25) is 9.69 Å². The van der Waals surface area contributed by atoms with Gasteiger partial charge in [-0.2, -0.15) is 0 Å². The van der Waals surface area contributed by atoms with Crippen LogP contribution in [-0.2, 0) is 11.3 Å². The fourth-order valence-corrected chi connectivity index (χ4v) is 4.91. The van der Waals surface area contributed by atoms with E-state index in [2.05, 4.69) is 29.2 Å². The number of nitrogens with zero attached hydrogens (tertiary/aromatic N) is 3. The van der Waals surface area contributed by atoms with Crippen molar-refractivity contribution in [3.63, 3.8) is 0 Å². The van der Waals surface area contributed by atoms with E-state index in [1.165, 1.54) is 5.56 Å². The van der Waals surface area contributed by atoms with Gasteiger partial charge in [-0.1, -0.05) is 48.9 Å². The smallest absolute Gasteiger partial charge is 0.222 e. The number of benzene rings is 2. The van der Waals surface area contributed by atoms with Crippen LogP contribution in [-0.4, -0.2) is 46.9 Å². The lowest BCUT2D eigenvalue weighted by Crippen LogP contribution is -2.34. The maximum Gasteiger partial charge on any atom is 0.222 e. The molecular formula is C22H24ClN3OS. The topological polar surface area (TPSA) is 36.4 Å². The average Bonchev–Trinajstić information content (AvgIpc) is 3.03. The summed E-state index contributed by atoms with van der Waals surface area (Å²) in [6.07, 6.45) is 1.63. The molecule has 0 bridgehead atoms. The molecule has 1 saturated heterocycles. The number of halogens is 1. The molecule has 0 aliphatic carbocycles. The molecule has 28 heavy (non-hydrogen) atoms. The first-order valence-corrected chi connectivity index (χ1v) is 11.0. The number of rotatable bonds is 4. The Labute approximate surface area is 174 Å². The first-order chi connectivity index (χ1) is 13.6. The lowest BCUT2D eigenvalue weighted by Gasteiger charge is -2.21. The second-order valence-electron chi connectivity index (χ2n) is 7.17. The molecule has 0 N–H and O–H groups in total. The van der Waals surface area contributed by atoms with Crippen LogP contribution in [0.2, 0.25) is 5.02 Å². The third-order valence-electron chi connectivity index (χ3n) is 5.22. The molecule has 0 unspecified atom stereocenters. The summed E-state index contributed by atoms with van der Waals surface area (Å²) in [6.45, 7) is 6.53. The average molecular weight is 414 g/mol. The van der Waals surface area contributed by atoms with E-state index in [4.69, 9.17) is 16.6 Å². The zero-order valence-electron chi connectivity index (χ0n) is 16.0. The Morgan fingerprint density at radius 3 is 2.68 bits per heavy atom. The summed E-state index contributed by atoms with van der Waals surface area (Å²) in [5.74, 6) is 0.266. The number of aromatic nitrogens is 1. The van der Waals surface area contributed by atoms with E-state index < -0.39 is 0 Å². The fraction of sp³-hybridized carbons (Fsp3) is 0.364. The van der Waals surface area contributed by atoms with Crippen LogP contribution in [0.4, 0.5) is 0 Å². The Hall–Kier alpha value is -1.95. The van der Waals surface area contributed by atoms with Crippen LogP contribution in [0.25, 0.3) is 20.8 Å². The van der Waals surface area contributed by atoms with Gasteiger partial charge in [0.05, 0.1) is 15.2 Å². The first-order valence-electron chi connectivity index (χ1n) is 9.78. The largest absolute Gasteiger partial charge is 0.341 e. The Bertz CT molecular complexity index is 970. The number of hydrogen-bond acceptors (Lipinski definition) is 4. The minimum absolute atomic E-state index is 0.266. The van der Waals surface area contributed by atoms with Gasteiger partial charge in [0.15, 0.2) is 0 Å². The minimum atomic E-state index is 0.266. The van der Waals surface area contributed by atoms with Crippen molar-refractivity contribution in [3.8, 4) is 10.6 Å². The number of carbonyl (C=O) groups excluding carboxylic acids is 1. The lowest BCUT2D eigenvalue weighted by atomic mass is 10.1. The highest BCUT2D eigenvalue weighted by atomic mass is 35.5. The van der Waals surface area contributed by atoms with Gasteiger partial charge in [0.2, 0.25) is 5.91 Å². The highest BCUT2D eigenvalue weighted by Crippen LogP contribution is 2.34. The first kappa shape index (κ1) is 19.4. The van der Waals surface area contributed by atoms with Crippen LogP contribution >= 0.6 is 22.9 Å². The second-order valence-corrected chi connectivity index (χ2v) is 8.57. The van der Waals surface area contributed by atoms with Crippen LogP contribution in [0.15, 0.2) is 42.5 Å². The minimum Gasteiger partial charge on any atom is -0.341 e. The molecule has 0 atom stereocenters. The van der Waals surface area contributed by atoms with Gasteiger partial charge >= 0.3 is 0 Å². The highest BCUT2D eigenvalue weighted by Gasteiger charge is 2.18.